The molecule has 2 nitrogen and oxygen atoms in total. The SMILES string of the molecule is CNC.O=C/C=C/c1cccc(C(F)(F)F)c1. The number of benzene rings is 1. The summed E-state index contributed by atoms with van der Waals surface area (Å²) in [5, 5.41) is 2.75. The third-order valence-corrected chi connectivity index (χ3v) is 1.58. The van der Waals surface area contributed by atoms with Gasteiger partial charge in [0.2, 0.25) is 0 Å². The van der Waals surface area contributed by atoms with E-state index in [0.29, 0.717) is 11.8 Å². The molecule has 94 valence electrons. The first kappa shape index (κ1) is 15.4. The summed E-state index contributed by atoms with van der Waals surface area (Å²) in [6.07, 6.45) is -1.36. The fraction of sp³-hybridized carbons (Fsp3) is 0.250. The molecule has 1 rings (SSSR count). The Hall–Kier alpha value is -1.62. The minimum absolute atomic E-state index is 0.354. The second-order valence-corrected chi connectivity index (χ2v) is 3.12. The van der Waals surface area contributed by atoms with E-state index in [1.54, 1.807) is 0 Å². The van der Waals surface area contributed by atoms with Crippen LogP contribution in [0.2, 0.25) is 0 Å². The van der Waals surface area contributed by atoms with E-state index >= 15 is 0 Å². The lowest BCUT2D eigenvalue weighted by Crippen LogP contribution is -2.04. The molecule has 1 N–H and O–H groups in total. The lowest BCUT2D eigenvalue weighted by Gasteiger charge is -2.06. The number of alkyl halides is 3. The van der Waals surface area contributed by atoms with Gasteiger partial charge in [0.05, 0.1) is 5.56 Å². The Bertz CT molecular complexity index is 372. The van der Waals surface area contributed by atoms with Crippen LogP contribution in [0.4, 0.5) is 13.2 Å². The smallest absolute Gasteiger partial charge is 0.323 e. The van der Waals surface area contributed by atoms with Crippen molar-refractivity contribution in [2.75, 3.05) is 14.1 Å². The van der Waals surface area contributed by atoms with Gasteiger partial charge in [-0.25, -0.2) is 0 Å². The first-order valence-electron chi connectivity index (χ1n) is 4.83. The molecule has 0 radical (unpaired) electrons. The summed E-state index contributed by atoms with van der Waals surface area (Å²) in [6, 6.07) is 4.76. The van der Waals surface area contributed by atoms with Crippen LogP contribution in [-0.2, 0) is 11.0 Å². The summed E-state index contributed by atoms with van der Waals surface area (Å²) in [5.41, 5.74) is -0.363. The van der Waals surface area contributed by atoms with Crippen LogP contribution < -0.4 is 5.32 Å². The first-order valence-corrected chi connectivity index (χ1v) is 4.83. The molecule has 0 unspecified atom stereocenters. The number of halogens is 3. The number of allylic oxidation sites excluding steroid dienone is 1. The zero-order valence-corrected chi connectivity index (χ0v) is 9.58. The fourth-order valence-electron chi connectivity index (χ4n) is 0.969. The van der Waals surface area contributed by atoms with Gasteiger partial charge in [0.15, 0.2) is 0 Å². The number of aldehydes is 1. The topological polar surface area (TPSA) is 29.1 Å². The highest BCUT2D eigenvalue weighted by atomic mass is 19.4. The van der Waals surface area contributed by atoms with E-state index in [1.807, 2.05) is 14.1 Å². The summed E-state index contributed by atoms with van der Waals surface area (Å²) in [7, 11) is 3.75. The van der Waals surface area contributed by atoms with Gasteiger partial charge >= 0.3 is 6.18 Å². The molecule has 0 amide bonds. The predicted octanol–water partition coefficient (Wildman–Crippen LogP) is 2.75. The molecule has 0 aliphatic carbocycles. The van der Waals surface area contributed by atoms with Crippen molar-refractivity contribution in [3.8, 4) is 0 Å². The van der Waals surface area contributed by atoms with Gasteiger partial charge in [-0.1, -0.05) is 18.2 Å². The van der Waals surface area contributed by atoms with Crippen LogP contribution >= 0.6 is 0 Å². The minimum Gasteiger partial charge on any atom is -0.323 e. The summed E-state index contributed by atoms with van der Waals surface area (Å²) < 4.78 is 36.6. The zero-order valence-electron chi connectivity index (χ0n) is 9.58. The number of hydrogen-bond acceptors (Lipinski definition) is 2. The average Bonchev–Trinajstić information content (AvgIpc) is 2.27. The first-order chi connectivity index (χ1) is 7.95. The summed E-state index contributed by atoms with van der Waals surface area (Å²) >= 11 is 0. The number of carbonyl (C=O) groups excluding carboxylic acids is 1. The third kappa shape index (κ3) is 6.52. The van der Waals surface area contributed by atoms with Crippen molar-refractivity contribution in [2.24, 2.45) is 0 Å². The Kier molecular flexibility index (Phi) is 6.89. The van der Waals surface area contributed by atoms with Crippen molar-refractivity contribution in [1.29, 1.82) is 0 Å². The van der Waals surface area contributed by atoms with Gasteiger partial charge in [-0.2, -0.15) is 13.2 Å². The molecular formula is C12H14F3NO. The molecule has 5 heteroatoms. The van der Waals surface area contributed by atoms with Gasteiger partial charge in [-0.05, 0) is 37.9 Å². The molecular weight excluding hydrogens is 231 g/mol. The lowest BCUT2D eigenvalue weighted by atomic mass is 10.1. The van der Waals surface area contributed by atoms with Crippen molar-refractivity contribution < 1.29 is 18.0 Å². The van der Waals surface area contributed by atoms with Crippen LogP contribution in [-0.4, -0.2) is 20.4 Å². The van der Waals surface area contributed by atoms with Crippen LogP contribution in [0.25, 0.3) is 6.08 Å². The molecule has 0 saturated heterocycles. The van der Waals surface area contributed by atoms with E-state index in [9.17, 15) is 18.0 Å². The Labute approximate surface area is 98.1 Å². The van der Waals surface area contributed by atoms with E-state index in [4.69, 9.17) is 0 Å². The molecule has 0 atom stereocenters. The van der Waals surface area contributed by atoms with Gasteiger partial charge in [0, 0.05) is 0 Å². The highest BCUT2D eigenvalue weighted by Gasteiger charge is 2.30. The van der Waals surface area contributed by atoms with Crippen molar-refractivity contribution in [2.45, 2.75) is 6.18 Å². The van der Waals surface area contributed by atoms with Crippen molar-refractivity contribution >= 4 is 12.4 Å². The highest BCUT2D eigenvalue weighted by molar-refractivity contribution is 5.73. The zero-order chi connectivity index (χ0) is 13.3. The summed E-state index contributed by atoms with van der Waals surface area (Å²) in [4.78, 5) is 9.95. The van der Waals surface area contributed by atoms with Crippen LogP contribution in [0.5, 0.6) is 0 Å². The molecule has 0 saturated carbocycles. The number of carbonyl (C=O) groups is 1. The van der Waals surface area contributed by atoms with Gasteiger partial charge in [0.1, 0.15) is 6.29 Å². The summed E-state index contributed by atoms with van der Waals surface area (Å²) in [6.45, 7) is 0. The van der Waals surface area contributed by atoms with Gasteiger partial charge in [0.25, 0.3) is 0 Å². The Balaban J connectivity index is 0.000000770. The Morgan fingerprint density at radius 2 is 1.82 bits per heavy atom. The van der Waals surface area contributed by atoms with E-state index in [0.717, 1.165) is 18.2 Å². The maximum absolute atomic E-state index is 12.2. The number of rotatable bonds is 2. The second kappa shape index (κ2) is 7.62. The van der Waals surface area contributed by atoms with Crippen LogP contribution in [0.3, 0.4) is 0 Å². The van der Waals surface area contributed by atoms with E-state index in [1.165, 1.54) is 18.2 Å². The minimum atomic E-state index is -4.34. The standard InChI is InChI=1S/C10H7F3O.C2H7N/c11-10(12,13)9-5-1-3-8(7-9)4-2-6-14;1-3-2/h1-7H;3H,1-2H3/b4-2+;. The quantitative estimate of drug-likeness (QED) is 0.641. The van der Waals surface area contributed by atoms with Crippen molar-refractivity contribution in [3.63, 3.8) is 0 Å². The molecule has 0 bridgehead atoms. The molecule has 0 fully saturated rings. The Morgan fingerprint density at radius 1 is 1.24 bits per heavy atom. The average molecular weight is 245 g/mol. The Morgan fingerprint density at radius 3 is 2.29 bits per heavy atom. The van der Waals surface area contributed by atoms with Crippen LogP contribution in [0.1, 0.15) is 11.1 Å². The molecule has 1 aromatic carbocycles. The van der Waals surface area contributed by atoms with Gasteiger partial charge in [-0.15, -0.1) is 0 Å². The molecule has 1 aromatic rings. The molecule has 0 heterocycles. The van der Waals surface area contributed by atoms with E-state index in [-0.39, 0.29) is 0 Å². The number of nitrogens with one attached hydrogen (secondary N) is 1. The van der Waals surface area contributed by atoms with E-state index in [2.05, 4.69) is 5.32 Å². The second-order valence-electron chi connectivity index (χ2n) is 3.12. The molecule has 0 aliphatic heterocycles. The highest BCUT2D eigenvalue weighted by Crippen LogP contribution is 2.29. The van der Waals surface area contributed by atoms with Crippen LogP contribution in [0.15, 0.2) is 30.3 Å². The van der Waals surface area contributed by atoms with Crippen molar-refractivity contribution in [3.05, 3.63) is 41.5 Å². The van der Waals surface area contributed by atoms with Gasteiger partial charge < -0.3 is 5.32 Å². The maximum Gasteiger partial charge on any atom is 0.416 e. The molecule has 0 aromatic heterocycles. The molecule has 0 aliphatic rings. The fourth-order valence-corrected chi connectivity index (χ4v) is 0.969. The predicted molar refractivity (Wildman–Crippen MR) is 61.5 cm³/mol. The van der Waals surface area contributed by atoms with Gasteiger partial charge in [-0.3, -0.25) is 4.79 Å². The van der Waals surface area contributed by atoms with Crippen LogP contribution in [0, 0.1) is 0 Å². The maximum atomic E-state index is 12.2. The normalized spacial score (nSPS) is 10.9. The molecule has 17 heavy (non-hydrogen) atoms. The largest absolute Gasteiger partial charge is 0.416 e. The molecule has 0 spiro atoms. The monoisotopic (exact) mass is 245 g/mol. The van der Waals surface area contributed by atoms with Crippen molar-refractivity contribution in [1.82, 2.24) is 5.32 Å². The summed E-state index contributed by atoms with van der Waals surface area (Å²) in [5.74, 6) is 0. The van der Waals surface area contributed by atoms with E-state index < -0.39 is 11.7 Å². The third-order valence-electron chi connectivity index (χ3n) is 1.58. The number of hydrogen-bond donors (Lipinski definition) is 1. The lowest BCUT2D eigenvalue weighted by molar-refractivity contribution is -0.137.